The Morgan fingerprint density at radius 2 is 2.15 bits per heavy atom. The van der Waals surface area contributed by atoms with E-state index in [4.69, 9.17) is 5.73 Å². The van der Waals surface area contributed by atoms with Crippen molar-refractivity contribution in [2.75, 3.05) is 12.3 Å². The van der Waals surface area contributed by atoms with Gasteiger partial charge in [-0.05, 0) is 18.2 Å². The highest BCUT2D eigenvalue weighted by atomic mass is 32.2. The predicted molar refractivity (Wildman–Crippen MR) is 72.9 cm³/mol. The molecule has 0 atom stereocenters. The molecule has 1 aromatic heterocycles. The molecule has 108 valence electrons. The Kier molecular flexibility index (Phi) is 4.05. The molecule has 0 amide bonds. The number of anilines is 1. The summed E-state index contributed by atoms with van der Waals surface area (Å²) >= 11 is 0. The highest BCUT2D eigenvalue weighted by Crippen LogP contribution is 2.21. The van der Waals surface area contributed by atoms with Crippen LogP contribution in [0, 0.1) is 5.82 Å². The van der Waals surface area contributed by atoms with E-state index < -0.39 is 20.7 Å². The van der Waals surface area contributed by atoms with Crippen molar-refractivity contribution >= 4 is 15.7 Å². The predicted octanol–water partition coefficient (Wildman–Crippen LogP) is 0.662. The number of aromatic nitrogens is 2. The van der Waals surface area contributed by atoms with Crippen molar-refractivity contribution in [1.82, 2.24) is 14.5 Å². The largest absolute Gasteiger partial charge is 0.398 e. The number of aryl methyl sites for hydroxylation is 1. The maximum atomic E-state index is 13.6. The second-order valence-electron chi connectivity index (χ2n) is 4.25. The highest BCUT2D eigenvalue weighted by molar-refractivity contribution is 7.89. The lowest BCUT2D eigenvalue weighted by molar-refractivity contribution is 0.557. The molecule has 1 heterocycles. The molecule has 0 bridgehead atoms. The van der Waals surface area contributed by atoms with Crippen LogP contribution in [0.3, 0.4) is 0 Å². The summed E-state index contributed by atoms with van der Waals surface area (Å²) in [5.41, 5.74) is 6.28. The molecule has 6 nitrogen and oxygen atoms in total. The molecule has 20 heavy (non-hydrogen) atoms. The second-order valence-corrected chi connectivity index (χ2v) is 5.96. The van der Waals surface area contributed by atoms with Gasteiger partial charge in [-0.15, -0.1) is 0 Å². The third kappa shape index (κ3) is 2.97. The molecule has 0 unspecified atom stereocenters. The summed E-state index contributed by atoms with van der Waals surface area (Å²) < 4.78 is 41.6. The summed E-state index contributed by atoms with van der Waals surface area (Å²) in [6, 6.07) is 5.55. The van der Waals surface area contributed by atoms with Gasteiger partial charge in [-0.3, -0.25) is 4.68 Å². The van der Waals surface area contributed by atoms with Crippen molar-refractivity contribution in [3.05, 3.63) is 42.0 Å². The quantitative estimate of drug-likeness (QED) is 0.794. The summed E-state index contributed by atoms with van der Waals surface area (Å²) in [4.78, 5) is -0.509. The van der Waals surface area contributed by atoms with Gasteiger partial charge in [-0.2, -0.15) is 5.10 Å². The van der Waals surface area contributed by atoms with E-state index in [-0.39, 0.29) is 12.2 Å². The lowest BCUT2D eigenvalue weighted by atomic mass is 10.3. The SMILES string of the molecule is Cn1nccc1CCNS(=O)(=O)c1c(N)cccc1F. The van der Waals surface area contributed by atoms with Crippen LogP contribution >= 0.6 is 0 Å². The number of nitrogen functional groups attached to an aromatic ring is 1. The molecule has 0 radical (unpaired) electrons. The number of benzene rings is 1. The zero-order valence-electron chi connectivity index (χ0n) is 10.9. The standard InChI is InChI=1S/C12H15FN4O2S/c1-17-9(5-7-15-17)6-8-16-20(18,19)12-10(13)3-2-4-11(12)14/h2-5,7,16H,6,8,14H2,1H3. The molecule has 8 heteroatoms. The Bertz CT molecular complexity index is 692. The zero-order valence-corrected chi connectivity index (χ0v) is 11.7. The van der Waals surface area contributed by atoms with Crippen molar-refractivity contribution in [3.63, 3.8) is 0 Å². The Morgan fingerprint density at radius 1 is 1.40 bits per heavy atom. The van der Waals surface area contributed by atoms with E-state index >= 15 is 0 Å². The molecule has 2 rings (SSSR count). The van der Waals surface area contributed by atoms with Crippen LogP contribution in [-0.2, 0) is 23.5 Å². The van der Waals surface area contributed by atoms with Crippen LogP contribution in [0.2, 0.25) is 0 Å². The first-order valence-electron chi connectivity index (χ1n) is 5.92. The van der Waals surface area contributed by atoms with E-state index in [9.17, 15) is 12.8 Å². The number of nitrogens with one attached hydrogen (secondary N) is 1. The average molecular weight is 298 g/mol. The van der Waals surface area contributed by atoms with Crippen LogP contribution in [0.25, 0.3) is 0 Å². The number of sulfonamides is 1. The molecule has 2 aromatic rings. The van der Waals surface area contributed by atoms with Gasteiger partial charge in [-0.1, -0.05) is 6.07 Å². The molecule has 0 aliphatic heterocycles. The lowest BCUT2D eigenvalue weighted by Crippen LogP contribution is -2.28. The van der Waals surface area contributed by atoms with Gasteiger partial charge in [0.2, 0.25) is 10.0 Å². The zero-order chi connectivity index (χ0) is 14.8. The van der Waals surface area contributed by atoms with Gasteiger partial charge >= 0.3 is 0 Å². The van der Waals surface area contributed by atoms with Crippen molar-refractivity contribution in [2.24, 2.45) is 7.05 Å². The van der Waals surface area contributed by atoms with Crippen LogP contribution in [0.15, 0.2) is 35.4 Å². The van der Waals surface area contributed by atoms with Crippen molar-refractivity contribution in [1.29, 1.82) is 0 Å². The van der Waals surface area contributed by atoms with Gasteiger partial charge in [0, 0.05) is 31.9 Å². The number of hydrogen-bond donors (Lipinski definition) is 2. The van der Waals surface area contributed by atoms with Gasteiger partial charge in [0.05, 0.1) is 5.69 Å². The Hall–Kier alpha value is -1.93. The van der Waals surface area contributed by atoms with Crippen molar-refractivity contribution in [3.8, 4) is 0 Å². The molecule has 3 N–H and O–H groups in total. The molecular weight excluding hydrogens is 283 g/mol. The van der Waals surface area contributed by atoms with Crippen LogP contribution in [0.4, 0.5) is 10.1 Å². The summed E-state index contributed by atoms with van der Waals surface area (Å²) in [6.45, 7) is 0.135. The maximum Gasteiger partial charge on any atom is 0.245 e. The minimum Gasteiger partial charge on any atom is -0.398 e. The highest BCUT2D eigenvalue weighted by Gasteiger charge is 2.21. The fraction of sp³-hybridized carbons (Fsp3) is 0.250. The molecular formula is C12H15FN4O2S. The van der Waals surface area contributed by atoms with Crippen LogP contribution in [0.1, 0.15) is 5.69 Å². The third-order valence-corrected chi connectivity index (χ3v) is 4.41. The van der Waals surface area contributed by atoms with E-state index in [2.05, 4.69) is 9.82 Å². The van der Waals surface area contributed by atoms with Crippen LogP contribution < -0.4 is 10.5 Å². The molecule has 0 spiro atoms. The number of halogens is 1. The molecule has 0 fully saturated rings. The molecule has 0 aliphatic rings. The molecule has 0 saturated heterocycles. The maximum absolute atomic E-state index is 13.6. The first kappa shape index (κ1) is 14.5. The van der Waals surface area contributed by atoms with Gasteiger partial charge < -0.3 is 5.73 Å². The average Bonchev–Trinajstić information content (AvgIpc) is 2.74. The minimum absolute atomic E-state index is 0.113. The summed E-state index contributed by atoms with van der Waals surface area (Å²) in [7, 11) is -2.20. The summed E-state index contributed by atoms with van der Waals surface area (Å²) in [5.74, 6) is -0.863. The molecule has 1 aromatic carbocycles. The lowest BCUT2D eigenvalue weighted by Gasteiger charge is -2.10. The fourth-order valence-corrected chi connectivity index (χ4v) is 3.06. The van der Waals surface area contributed by atoms with E-state index in [0.717, 1.165) is 11.8 Å². The van der Waals surface area contributed by atoms with E-state index in [1.54, 1.807) is 24.0 Å². The van der Waals surface area contributed by atoms with Gasteiger partial charge in [0.15, 0.2) is 0 Å². The minimum atomic E-state index is -3.97. The van der Waals surface area contributed by atoms with E-state index in [1.165, 1.54) is 12.1 Å². The molecule has 0 aliphatic carbocycles. The van der Waals surface area contributed by atoms with Crippen LogP contribution in [0.5, 0.6) is 0 Å². The Balaban J connectivity index is 2.10. The summed E-state index contributed by atoms with van der Waals surface area (Å²) in [5, 5.41) is 3.98. The normalized spacial score (nSPS) is 11.7. The topological polar surface area (TPSA) is 90.0 Å². The number of nitrogens with zero attached hydrogens (tertiary/aromatic N) is 2. The molecule has 0 saturated carbocycles. The van der Waals surface area contributed by atoms with Gasteiger partial charge in [0.25, 0.3) is 0 Å². The number of nitrogens with two attached hydrogens (primary N) is 1. The first-order chi connectivity index (χ1) is 9.42. The van der Waals surface area contributed by atoms with Gasteiger partial charge in [-0.25, -0.2) is 17.5 Å². The number of hydrogen-bond acceptors (Lipinski definition) is 4. The van der Waals surface area contributed by atoms with Crippen molar-refractivity contribution in [2.45, 2.75) is 11.3 Å². The fourth-order valence-electron chi connectivity index (χ4n) is 1.84. The first-order valence-corrected chi connectivity index (χ1v) is 7.40. The van der Waals surface area contributed by atoms with E-state index in [1.807, 2.05) is 0 Å². The number of rotatable bonds is 5. The van der Waals surface area contributed by atoms with Crippen molar-refractivity contribution < 1.29 is 12.8 Å². The van der Waals surface area contributed by atoms with Gasteiger partial charge in [0.1, 0.15) is 10.7 Å². The smallest absolute Gasteiger partial charge is 0.245 e. The Labute approximate surface area is 116 Å². The monoisotopic (exact) mass is 298 g/mol. The third-order valence-electron chi connectivity index (χ3n) is 2.86. The van der Waals surface area contributed by atoms with E-state index in [0.29, 0.717) is 6.42 Å². The van der Waals surface area contributed by atoms with Crippen LogP contribution in [-0.4, -0.2) is 24.7 Å². The Morgan fingerprint density at radius 3 is 2.75 bits per heavy atom. The second kappa shape index (κ2) is 5.59. The summed E-state index contributed by atoms with van der Waals surface area (Å²) in [6.07, 6.45) is 2.07.